The first kappa shape index (κ1) is 59.2. The number of aliphatic hydroxyl groups excluding tert-OH is 4. The molecule has 13 atom stereocenters. The Hall–Kier alpha value is 3.12. The van der Waals surface area contributed by atoms with Crippen molar-refractivity contribution in [2.24, 2.45) is 0 Å². The number of imidazole rings is 2. The normalized spacial score (nSPS) is 28.5. The van der Waals surface area contributed by atoms with Gasteiger partial charge in [-0.15, -0.1) is 11.6 Å². The van der Waals surface area contributed by atoms with Crippen molar-refractivity contribution in [3.63, 3.8) is 0 Å². The van der Waals surface area contributed by atoms with Crippen LogP contribution in [0.3, 0.4) is 0 Å². The number of fused-ring (bicyclic) bond motifs is 2. The van der Waals surface area contributed by atoms with E-state index in [1.54, 1.807) is 0 Å². The Balaban J connectivity index is 0.00000310. The number of rotatable bonds is 14. The molecule has 60 heavy (non-hydrogen) atoms. The summed E-state index contributed by atoms with van der Waals surface area (Å²) >= 11 is 20.9. The van der Waals surface area contributed by atoms with Crippen molar-refractivity contribution < 1.29 is 194 Å². The zero-order valence-corrected chi connectivity index (χ0v) is 48.1. The molecule has 4 aromatic rings. The molecule has 8 N–H and O–H groups in total. The number of anilines is 2. The molecule has 2 aliphatic heterocycles. The van der Waals surface area contributed by atoms with E-state index in [9.17, 15) is 48.8 Å². The number of alkyl halides is 1. The fourth-order valence-corrected chi connectivity index (χ4v) is 14.7. The van der Waals surface area contributed by atoms with Crippen molar-refractivity contribution in [2.75, 3.05) is 24.7 Å². The van der Waals surface area contributed by atoms with Crippen molar-refractivity contribution in [3.05, 3.63) is 22.1 Å². The Morgan fingerprint density at radius 2 is 1.15 bits per heavy atom. The van der Waals surface area contributed by atoms with Gasteiger partial charge in [0, 0.05) is 0 Å². The van der Waals surface area contributed by atoms with Gasteiger partial charge in [-0.25, -0.2) is 29.9 Å². The van der Waals surface area contributed by atoms with Crippen molar-refractivity contribution in [1.29, 1.82) is 0 Å². The van der Waals surface area contributed by atoms with Gasteiger partial charge in [0.2, 0.25) is 16.3 Å². The predicted molar refractivity (Wildman–Crippen MR) is 195 cm³/mol. The van der Waals surface area contributed by atoms with Crippen LogP contribution < -0.4 is 144 Å². The summed E-state index contributed by atoms with van der Waals surface area (Å²) < 4.78 is 70.3. The van der Waals surface area contributed by atoms with Gasteiger partial charge < -0.3 is 86.5 Å². The summed E-state index contributed by atoms with van der Waals surface area (Å²) in [4.78, 5) is 59.2. The summed E-state index contributed by atoms with van der Waals surface area (Å²) in [5, 5.41) is 42.3. The first-order valence-electron chi connectivity index (χ1n) is 14.8. The Kier molecular flexibility index (Phi) is 22.9. The Bertz CT molecular complexity index is 2220. The Morgan fingerprint density at radius 3 is 1.57 bits per heavy atom. The topological polar surface area (TPSA) is 396 Å². The maximum atomic E-state index is 12.9. The second-order valence-corrected chi connectivity index (χ2v) is 23.9. The molecule has 0 radical (unpaired) electrons. The molecule has 2 saturated heterocycles. The molecule has 26 nitrogen and oxygen atoms in total. The number of hydrogen-bond donors (Lipinski definition) is 6. The zero-order valence-electron chi connectivity index (χ0n) is 30.9. The van der Waals surface area contributed by atoms with Gasteiger partial charge in [0.05, 0.1) is 25.9 Å². The maximum Gasteiger partial charge on any atom is 1.00 e. The van der Waals surface area contributed by atoms with Crippen molar-refractivity contribution in [1.82, 2.24) is 39.0 Å². The summed E-state index contributed by atoms with van der Waals surface area (Å²) in [5.41, 5.74) is 12.0. The van der Waals surface area contributed by atoms with E-state index < -0.39 is 95.9 Å². The molecule has 0 amide bonds. The molecular weight excluding hydrogens is 1120 g/mol. The third-order valence-corrected chi connectivity index (χ3v) is 18.9. The minimum atomic E-state index is -6.14. The van der Waals surface area contributed by atoms with Crippen molar-refractivity contribution >= 4 is 130 Å². The smallest absolute Gasteiger partial charge is 0.779 e. The first-order valence-corrected chi connectivity index (χ1v) is 25.2. The molecule has 39 heteroatoms. The molecule has 0 aromatic carbocycles. The van der Waals surface area contributed by atoms with E-state index in [0.29, 0.717) is 0 Å². The second-order valence-electron chi connectivity index (χ2n) is 11.5. The number of nitrogens with zero attached hydrogens (tertiary/aromatic N) is 8. The maximum absolute atomic E-state index is 12.9. The fraction of sp³-hybridized carbons (Fsp3) is 0.524. The number of hydrogen-bond acceptors (Lipinski definition) is 26. The number of nitrogen functional groups attached to an aromatic ring is 2. The van der Waals surface area contributed by atoms with E-state index in [-0.39, 0.29) is 162 Å². The molecule has 6 rings (SSSR count). The number of halogens is 3. The van der Waals surface area contributed by atoms with Crippen molar-refractivity contribution in [2.45, 2.75) is 53.9 Å². The van der Waals surface area contributed by atoms with Gasteiger partial charge in [-0.2, -0.15) is 0 Å². The van der Waals surface area contributed by atoms with Crippen LogP contribution in [-0.2, 0) is 64.9 Å². The van der Waals surface area contributed by atoms with Gasteiger partial charge in [-0.1, -0.05) is 11.8 Å². The number of aromatic nitrogens is 8. The van der Waals surface area contributed by atoms with Crippen LogP contribution in [0.4, 0.5) is 11.6 Å². The quantitative estimate of drug-likeness (QED) is 0.0224. The van der Waals surface area contributed by atoms with Gasteiger partial charge in [0.25, 0.3) is 0 Å². The summed E-state index contributed by atoms with van der Waals surface area (Å²) in [5.74, 6) is -0.0572. The van der Waals surface area contributed by atoms with Crippen LogP contribution >= 0.6 is 72.2 Å². The van der Waals surface area contributed by atoms with Gasteiger partial charge in [-0.3, -0.25) is 22.3 Å². The molecule has 0 saturated carbocycles. The third kappa shape index (κ3) is 13.3. The van der Waals surface area contributed by atoms with Crippen LogP contribution in [0.25, 0.3) is 22.3 Å². The molecule has 0 spiro atoms. The van der Waals surface area contributed by atoms with Crippen molar-refractivity contribution in [3.8, 4) is 0 Å². The first-order chi connectivity index (χ1) is 25.9. The molecule has 4 aromatic heterocycles. The van der Waals surface area contributed by atoms with Gasteiger partial charge >= 0.3 is 118 Å². The van der Waals surface area contributed by atoms with Crippen LogP contribution in [0.1, 0.15) is 12.5 Å². The van der Waals surface area contributed by atoms with Crippen LogP contribution in [0.2, 0.25) is 0 Å². The number of aliphatic hydroxyl groups is 4. The minimum Gasteiger partial charge on any atom is -0.779 e. The average Bonchev–Trinajstić information content (AvgIpc) is 3.83. The van der Waals surface area contributed by atoms with Gasteiger partial charge in [-0.05, 0) is 31.9 Å². The molecule has 310 valence electrons. The zero-order chi connectivity index (χ0) is 41.3. The molecule has 0 aliphatic carbocycles. The SMILES string of the molecule is Nc1nc(Br)nc2c1ncn2[C@@H]1O[C@H](COP(=O)([S-])OP(=O)([O-])C(Cl)P(=O)([O-])OP([O-])(=S)OC[C@H]2O[C@@H](n3cnc4c(N)nc(Br)nc43)[C@H](O)[C@@H]2O)[C@@H](O)[C@H]1O.[Na+].[Na+].[Na+].[Na+]. The van der Waals surface area contributed by atoms with Crippen LogP contribution in [0.5, 0.6) is 0 Å². The Labute approximate surface area is 457 Å². The predicted octanol–water partition coefficient (Wildman–Crippen LogP) is -13.5. The van der Waals surface area contributed by atoms with E-state index in [2.05, 4.69) is 94.4 Å². The molecule has 2 aliphatic rings. The van der Waals surface area contributed by atoms with Gasteiger partial charge in [0.1, 0.15) is 54.4 Å². The summed E-state index contributed by atoms with van der Waals surface area (Å²) in [6, 6.07) is 0. The Morgan fingerprint density at radius 1 is 0.767 bits per heavy atom. The van der Waals surface area contributed by atoms with Crippen LogP contribution in [-0.4, -0.2) is 114 Å². The molecule has 2 fully saturated rings. The average molecular weight is 1150 g/mol. The second kappa shape index (κ2) is 23.2. The molecule has 6 heterocycles. The number of ether oxygens (including phenoxy) is 2. The summed E-state index contributed by atoms with van der Waals surface area (Å²) in [7, 11) is -12.3. The third-order valence-electron chi connectivity index (χ3n) is 7.81. The van der Waals surface area contributed by atoms with E-state index in [1.165, 1.54) is 21.8 Å². The summed E-state index contributed by atoms with van der Waals surface area (Å²) in [6.45, 7) is -12.5. The van der Waals surface area contributed by atoms with Crippen LogP contribution in [0.15, 0.2) is 22.1 Å². The van der Waals surface area contributed by atoms with E-state index in [4.69, 9.17) is 41.6 Å². The minimum absolute atomic E-state index is 0. The molecular formula is C21H23Br2ClN10Na4O16P4S2. The monoisotopic (exact) mass is 1140 g/mol. The largest absolute Gasteiger partial charge is 1.00 e. The van der Waals surface area contributed by atoms with E-state index in [1.807, 2.05) is 0 Å². The molecule has 0 bridgehead atoms. The molecule has 5 unspecified atom stereocenters. The van der Waals surface area contributed by atoms with Gasteiger partial charge in [0.15, 0.2) is 55.4 Å². The standard InChI is InChI=1S/C21H27Br2ClN10O16P4S2.4Na/c22-19-29-13(25)7-15(31-19)33(3-27-7)17-11(37)9(35)5(47-17)1-45-53(43,55)49-51(39,40)21(24)52(41,42)50-54(44,56)46-2-6-10(36)12(38)18(48-6)34-4-28-8-14(26)30-20(23)32-16(8)34;;;;/h3-6,9-12,17-18,21,35-38H,1-2H2,(H,39,40)(H,41,42)(H,43,55)(H,44,56)(H2,25,29,31)(H2,26,30,32);;;;/q;4*+1/p-4/t5-,6-,9-,10-,11-,12-,17-,18-,21?,53?,54?;;;;/m1..../s1. The van der Waals surface area contributed by atoms with E-state index in [0.717, 1.165) is 0 Å². The van der Waals surface area contributed by atoms with Crippen LogP contribution in [0, 0.1) is 0 Å². The fourth-order valence-electron chi connectivity index (χ4n) is 5.29. The number of nitrogens with two attached hydrogens (primary N) is 2. The summed E-state index contributed by atoms with van der Waals surface area (Å²) in [6.07, 6.45) is -10.4. The van der Waals surface area contributed by atoms with E-state index >= 15 is 0 Å².